The fourth-order valence-electron chi connectivity index (χ4n) is 0.902. The smallest absolute Gasteiger partial charge is 0.291 e. The third-order valence-corrected chi connectivity index (χ3v) is 1.69. The number of hydrogen-bond acceptors (Lipinski definition) is 1. The lowest BCUT2D eigenvalue weighted by Crippen LogP contribution is -2.08. The molecule has 1 nitrogen and oxygen atoms in total. The van der Waals surface area contributed by atoms with Gasteiger partial charge in [-0.2, -0.15) is 8.78 Å². The maximum atomic E-state index is 12.9. The Morgan fingerprint density at radius 3 is 2.15 bits per heavy atom. The molecule has 0 aliphatic rings. The van der Waals surface area contributed by atoms with Gasteiger partial charge in [-0.1, -0.05) is 30.8 Å². The van der Waals surface area contributed by atoms with Crippen molar-refractivity contribution in [3.05, 3.63) is 48.0 Å². The Balaban J connectivity index is 3.04. The summed E-state index contributed by atoms with van der Waals surface area (Å²) in [6.45, 7) is 3.03. The maximum absolute atomic E-state index is 12.9. The largest absolute Gasteiger partial charge is 0.298 e. The summed E-state index contributed by atoms with van der Waals surface area (Å²) in [6.07, 6.45) is 1.18. The zero-order chi connectivity index (χ0) is 9.90. The van der Waals surface area contributed by atoms with E-state index in [0.29, 0.717) is 17.9 Å². The van der Waals surface area contributed by atoms with Crippen LogP contribution in [-0.2, 0) is 5.92 Å². The molecule has 0 spiro atoms. The number of carbonyl (C=O) groups excluding carboxylic acids is 1. The highest BCUT2D eigenvalue weighted by molar-refractivity contribution is 5.74. The molecule has 0 aromatic heterocycles. The van der Waals surface area contributed by atoms with Crippen molar-refractivity contribution in [2.75, 3.05) is 0 Å². The van der Waals surface area contributed by atoms with E-state index in [4.69, 9.17) is 0 Å². The van der Waals surface area contributed by atoms with E-state index in [1.807, 2.05) is 0 Å². The van der Waals surface area contributed by atoms with Gasteiger partial charge in [0.2, 0.25) is 0 Å². The van der Waals surface area contributed by atoms with Gasteiger partial charge in [-0.15, -0.1) is 0 Å². The van der Waals surface area contributed by atoms with Crippen LogP contribution in [0.25, 0.3) is 0 Å². The second-order valence-electron chi connectivity index (χ2n) is 2.57. The summed E-state index contributed by atoms with van der Waals surface area (Å²) in [6, 6.07) is 5.12. The third kappa shape index (κ3) is 1.99. The average Bonchev–Trinajstić information content (AvgIpc) is 2.18. The maximum Gasteiger partial charge on any atom is 0.291 e. The standard InChI is InChI=1S/C10H8F2O/c1-2-10(11,12)9-5-3-8(7-13)4-6-9/h2-7H,1H2. The van der Waals surface area contributed by atoms with Gasteiger partial charge in [-0.25, -0.2) is 0 Å². The Hall–Kier alpha value is -1.51. The van der Waals surface area contributed by atoms with Crippen molar-refractivity contribution in [3.63, 3.8) is 0 Å². The molecule has 0 atom stereocenters. The normalized spacial score (nSPS) is 10.9. The fourth-order valence-corrected chi connectivity index (χ4v) is 0.902. The molecule has 13 heavy (non-hydrogen) atoms. The molecule has 1 aromatic rings. The van der Waals surface area contributed by atoms with Gasteiger partial charge in [0.05, 0.1) is 0 Å². The molecule has 0 aliphatic heterocycles. The molecule has 1 aromatic carbocycles. The quantitative estimate of drug-likeness (QED) is 0.519. The van der Waals surface area contributed by atoms with Crippen LogP contribution >= 0.6 is 0 Å². The van der Waals surface area contributed by atoms with Gasteiger partial charge in [0.15, 0.2) is 0 Å². The topological polar surface area (TPSA) is 17.1 Å². The van der Waals surface area contributed by atoms with E-state index in [2.05, 4.69) is 6.58 Å². The van der Waals surface area contributed by atoms with Crippen LogP contribution in [-0.4, -0.2) is 6.29 Å². The number of carbonyl (C=O) groups is 1. The van der Waals surface area contributed by atoms with Crippen molar-refractivity contribution >= 4 is 6.29 Å². The van der Waals surface area contributed by atoms with E-state index in [9.17, 15) is 13.6 Å². The molecule has 68 valence electrons. The van der Waals surface area contributed by atoms with E-state index in [-0.39, 0.29) is 5.56 Å². The average molecular weight is 182 g/mol. The number of halogens is 2. The summed E-state index contributed by atoms with van der Waals surface area (Å²) in [5.74, 6) is -3.03. The van der Waals surface area contributed by atoms with Crippen LogP contribution in [0, 0.1) is 0 Å². The number of hydrogen-bond donors (Lipinski definition) is 0. The lowest BCUT2D eigenvalue weighted by atomic mass is 10.1. The van der Waals surface area contributed by atoms with Crippen LogP contribution in [0.2, 0.25) is 0 Å². The highest BCUT2D eigenvalue weighted by Gasteiger charge is 2.26. The van der Waals surface area contributed by atoms with E-state index >= 15 is 0 Å². The number of rotatable bonds is 3. The second-order valence-corrected chi connectivity index (χ2v) is 2.57. The zero-order valence-electron chi connectivity index (χ0n) is 6.84. The van der Waals surface area contributed by atoms with Crippen molar-refractivity contribution in [1.29, 1.82) is 0 Å². The molecule has 0 radical (unpaired) electrons. The second kappa shape index (κ2) is 3.47. The van der Waals surface area contributed by atoms with Gasteiger partial charge in [-0.3, -0.25) is 4.79 Å². The molecule has 0 unspecified atom stereocenters. The first-order valence-corrected chi connectivity index (χ1v) is 3.67. The van der Waals surface area contributed by atoms with Crippen LogP contribution in [0.15, 0.2) is 36.9 Å². The first kappa shape index (κ1) is 9.58. The summed E-state index contributed by atoms with van der Waals surface area (Å²) in [7, 11) is 0. The van der Waals surface area contributed by atoms with Gasteiger partial charge < -0.3 is 0 Å². The van der Waals surface area contributed by atoms with Crippen LogP contribution in [0.1, 0.15) is 15.9 Å². The summed E-state index contributed by atoms with van der Waals surface area (Å²) >= 11 is 0. The van der Waals surface area contributed by atoms with Crippen molar-refractivity contribution < 1.29 is 13.6 Å². The van der Waals surface area contributed by atoms with Gasteiger partial charge in [0.25, 0.3) is 5.92 Å². The van der Waals surface area contributed by atoms with Crippen LogP contribution < -0.4 is 0 Å². The van der Waals surface area contributed by atoms with Crippen molar-refractivity contribution in [1.82, 2.24) is 0 Å². The van der Waals surface area contributed by atoms with Gasteiger partial charge >= 0.3 is 0 Å². The molecule has 0 N–H and O–H groups in total. The molecular weight excluding hydrogens is 174 g/mol. The third-order valence-electron chi connectivity index (χ3n) is 1.69. The molecule has 0 saturated carbocycles. The molecular formula is C10H8F2O. The summed E-state index contributed by atoms with van der Waals surface area (Å²) in [4.78, 5) is 10.2. The Bertz CT molecular complexity index is 314. The Morgan fingerprint density at radius 2 is 1.77 bits per heavy atom. The first-order chi connectivity index (χ1) is 6.10. The highest BCUT2D eigenvalue weighted by atomic mass is 19.3. The van der Waals surface area contributed by atoms with Crippen molar-refractivity contribution in [3.8, 4) is 0 Å². The molecule has 3 heteroatoms. The minimum absolute atomic E-state index is 0.159. The molecule has 0 heterocycles. The number of aldehydes is 1. The highest BCUT2D eigenvalue weighted by Crippen LogP contribution is 2.28. The molecule has 1 rings (SSSR count). The lowest BCUT2D eigenvalue weighted by Gasteiger charge is -2.10. The molecule has 0 saturated heterocycles. The predicted molar refractivity (Wildman–Crippen MR) is 45.9 cm³/mol. The number of benzene rings is 1. The summed E-state index contributed by atoms with van der Waals surface area (Å²) < 4.78 is 25.8. The van der Waals surface area contributed by atoms with E-state index < -0.39 is 5.92 Å². The van der Waals surface area contributed by atoms with E-state index in [1.54, 1.807) is 0 Å². The van der Waals surface area contributed by atoms with Gasteiger partial charge in [-0.05, 0) is 6.08 Å². The van der Waals surface area contributed by atoms with E-state index in [1.165, 1.54) is 24.3 Å². The lowest BCUT2D eigenvalue weighted by molar-refractivity contribution is 0.0525. The molecule has 0 fully saturated rings. The molecule has 0 aliphatic carbocycles. The molecule has 0 bridgehead atoms. The summed E-state index contributed by atoms with van der Waals surface area (Å²) in [5, 5.41) is 0. The Kier molecular flexibility index (Phi) is 2.56. The minimum atomic E-state index is -3.03. The molecule has 0 amide bonds. The van der Waals surface area contributed by atoms with Crippen LogP contribution in [0.4, 0.5) is 8.78 Å². The minimum Gasteiger partial charge on any atom is -0.298 e. The first-order valence-electron chi connectivity index (χ1n) is 3.67. The SMILES string of the molecule is C=CC(F)(F)c1ccc(C=O)cc1. The Morgan fingerprint density at radius 1 is 1.23 bits per heavy atom. The summed E-state index contributed by atoms with van der Waals surface area (Å²) in [5.41, 5.74) is 0.219. The predicted octanol–water partition coefficient (Wildman–Crippen LogP) is 2.78. The van der Waals surface area contributed by atoms with Crippen LogP contribution in [0.3, 0.4) is 0 Å². The van der Waals surface area contributed by atoms with Crippen molar-refractivity contribution in [2.45, 2.75) is 5.92 Å². The zero-order valence-corrected chi connectivity index (χ0v) is 6.84. The number of alkyl halides is 2. The van der Waals surface area contributed by atoms with Gasteiger partial charge in [0, 0.05) is 11.1 Å². The van der Waals surface area contributed by atoms with Crippen molar-refractivity contribution in [2.24, 2.45) is 0 Å². The fraction of sp³-hybridized carbons (Fsp3) is 0.100. The van der Waals surface area contributed by atoms with E-state index in [0.717, 1.165) is 0 Å². The van der Waals surface area contributed by atoms with Crippen LogP contribution in [0.5, 0.6) is 0 Å². The number of allylic oxidation sites excluding steroid dienone is 1. The monoisotopic (exact) mass is 182 g/mol. The van der Waals surface area contributed by atoms with Gasteiger partial charge in [0.1, 0.15) is 6.29 Å². The Labute approximate surface area is 74.7 Å².